The molecule has 36 heavy (non-hydrogen) atoms. The van der Waals surface area contributed by atoms with Gasteiger partial charge in [0.1, 0.15) is 16.5 Å². The number of anilines is 2. The van der Waals surface area contributed by atoms with Crippen LogP contribution in [0.15, 0.2) is 66.7 Å². The summed E-state index contributed by atoms with van der Waals surface area (Å²) < 4.78 is 6.01. The monoisotopic (exact) mass is 496 g/mol. The van der Waals surface area contributed by atoms with Crippen molar-refractivity contribution in [2.75, 3.05) is 16.8 Å². The average molecular weight is 497 g/mol. The number of nitrogens with zero attached hydrogens (tertiary/aromatic N) is 3. The molecule has 1 saturated heterocycles. The second kappa shape index (κ2) is 8.87. The number of rotatable bonds is 4. The molecule has 8 heteroatoms. The Balaban J connectivity index is 1.22. The Morgan fingerprint density at radius 2 is 1.61 bits per heavy atom. The van der Waals surface area contributed by atoms with Gasteiger partial charge in [-0.3, -0.25) is 14.9 Å². The zero-order chi connectivity index (χ0) is 24.8. The van der Waals surface area contributed by atoms with Gasteiger partial charge in [-0.2, -0.15) is 0 Å². The van der Waals surface area contributed by atoms with Crippen LogP contribution in [0.1, 0.15) is 45.5 Å². The summed E-state index contributed by atoms with van der Waals surface area (Å²) in [4.78, 5) is 28.1. The van der Waals surface area contributed by atoms with Crippen LogP contribution < -0.4 is 15.0 Å². The number of nitrogens with one attached hydrogen (secondary N) is 1. The predicted octanol–water partition coefficient (Wildman–Crippen LogP) is 5.55. The average Bonchev–Trinajstić information content (AvgIpc) is 3.48. The zero-order valence-electron chi connectivity index (χ0n) is 19.9. The third-order valence-corrected chi connectivity index (χ3v) is 7.61. The van der Waals surface area contributed by atoms with E-state index < -0.39 is 5.92 Å². The van der Waals surface area contributed by atoms with Crippen molar-refractivity contribution in [1.82, 2.24) is 10.2 Å². The highest BCUT2D eigenvalue weighted by atomic mass is 32.1. The Bertz CT molecular complexity index is 1430. The molecular formula is C28H24N4O3S. The Morgan fingerprint density at radius 3 is 2.28 bits per heavy atom. The fraction of sp³-hybridized carbons (Fsp3) is 0.214. The lowest BCUT2D eigenvalue weighted by atomic mass is 9.87. The first-order valence-corrected chi connectivity index (χ1v) is 12.7. The van der Waals surface area contributed by atoms with Crippen LogP contribution in [0.5, 0.6) is 11.5 Å². The lowest BCUT2D eigenvalue weighted by Crippen LogP contribution is -2.25. The van der Waals surface area contributed by atoms with Gasteiger partial charge in [0.05, 0.1) is 5.92 Å². The van der Waals surface area contributed by atoms with Crippen LogP contribution in [0.4, 0.5) is 10.8 Å². The molecule has 0 aliphatic carbocycles. The van der Waals surface area contributed by atoms with Gasteiger partial charge < -0.3 is 9.64 Å². The van der Waals surface area contributed by atoms with Crippen LogP contribution in [-0.4, -0.2) is 28.6 Å². The Hall–Kier alpha value is -4.04. The van der Waals surface area contributed by atoms with Crippen molar-refractivity contribution in [2.45, 2.75) is 32.1 Å². The van der Waals surface area contributed by atoms with Crippen LogP contribution in [0.3, 0.4) is 0 Å². The van der Waals surface area contributed by atoms with Gasteiger partial charge in [-0.05, 0) is 49.2 Å². The Kier molecular flexibility index (Phi) is 5.53. The van der Waals surface area contributed by atoms with Crippen LogP contribution in [0.2, 0.25) is 0 Å². The normalized spacial score (nSPS) is 16.9. The van der Waals surface area contributed by atoms with Gasteiger partial charge in [0, 0.05) is 35.7 Å². The number of carbonyl (C=O) groups is 2. The van der Waals surface area contributed by atoms with Gasteiger partial charge in [0.25, 0.3) is 0 Å². The number of para-hydroxylation sites is 2. The van der Waals surface area contributed by atoms with Crippen LogP contribution in [-0.2, 0) is 9.59 Å². The van der Waals surface area contributed by atoms with Crippen molar-refractivity contribution in [1.29, 1.82) is 0 Å². The molecule has 1 unspecified atom stereocenters. The lowest BCUT2D eigenvalue weighted by Gasteiger charge is -2.27. The highest BCUT2D eigenvalue weighted by Gasteiger charge is 2.35. The number of benzene rings is 3. The number of aryl methyl sites for hydroxylation is 2. The minimum absolute atomic E-state index is 0.0639. The molecule has 3 aromatic carbocycles. The summed E-state index contributed by atoms with van der Waals surface area (Å²) in [5.74, 6) is 0.634. The maximum atomic E-state index is 13.5. The molecule has 0 bridgehead atoms. The number of carbonyl (C=O) groups excluding carboxylic acids is 2. The van der Waals surface area contributed by atoms with E-state index in [0.29, 0.717) is 29.6 Å². The van der Waals surface area contributed by atoms with Gasteiger partial charge in [0.15, 0.2) is 0 Å². The maximum Gasteiger partial charge on any atom is 0.238 e. The largest absolute Gasteiger partial charge is 0.457 e. The number of ether oxygens (including phenoxy) is 1. The molecule has 6 rings (SSSR count). The first kappa shape index (κ1) is 22.4. The van der Waals surface area contributed by atoms with E-state index in [0.717, 1.165) is 32.9 Å². The minimum Gasteiger partial charge on any atom is -0.457 e. The second-order valence-electron chi connectivity index (χ2n) is 9.30. The molecule has 0 radical (unpaired) electrons. The second-order valence-corrected chi connectivity index (χ2v) is 10.3. The molecule has 2 aliphatic rings. The molecule has 1 aromatic heterocycles. The molecule has 0 saturated carbocycles. The van der Waals surface area contributed by atoms with Gasteiger partial charge in [-0.25, -0.2) is 0 Å². The number of aromatic nitrogens is 2. The molecule has 3 heterocycles. The van der Waals surface area contributed by atoms with E-state index in [1.165, 1.54) is 11.3 Å². The van der Waals surface area contributed by atoms with E-state index in [9.17, 15) is 9.59 Å². The summed E-state index contributed by atoms with van der Waals surface area (Å²) >= 11 is 1.33. The Morgan fingerprint density at radius 1 is 0.972 bits per heavy atom. The summed E-state index contributed by atoms with van der Waals surface area (Å²) in [5.41, 5.74) is 4.78. The van der Waals surface area contributed by atoms with E-state index in [4.69, 9.17) is 4.74 Å². The highest BCUT2D eigenvalue weighted by molar-refractivity contribution is 7.15. The molecule has 0 spiro atoms. The van der Waals surface area contributed by atoms with Crippen molar-refractivity contribution < 1.29 is 14.3 Å². The summed E-state index contributed by atoms with van der Waals surface area (Å²) in [5, 5.41) is 12.7. The Labute approximate surface area is 212 Å². The number of hydrogen-bond acceptors (Lipinski definition) is 6. The topological polar surface area (TPSA) is 84.4 Å². The van der Waals surface area contributed by atoms with Crippen molar-refractivity contribution >= 4 is 34.0 Å². The molecule has 2 aliphatic heterocycles. The number of hydrogen-bond donors (Lipinski definition) is 1. The molecule has 4 aromatic rings. The standard InChI is InChI=1S/C28H24N4O3S/c1-16-11-17(2)13-19(12-16)32-15-18(14-24(32)33)27-30-31-28(36-27)29-26(34)25-20-7-3-5-9-22(20)35-23-10-6-4-8-21(23)25/h3-13,18,25H,14-15H2,1-2H3,(H,29,31,34). The van der Waals surface area contributed by atoms with E-state index >= 15 is 0 Å². The van der Waals surface area contributed by atoms with Crippen LogP contribution in [0.25, 0.3) is 0 Å². The molecule has 2 amide bonds. The third-order valence-electron chi connectivity index (χ3n) is 6.61. The fourth-order valence-corrected chi connectivity index (χ4v) is 5.89. The van der Waals surface area contributed by atoms with Gasteiger partial charge in [-0.1, -0.05) is 53.8 Å². The van der Waals surface area contributed by atoms with Crippen molar-refractivity contribution in [2.24, 2.45) is 0 Å². The van der Waals surface area contributed by atoms with E-state index in [1.807, 2.05) is 79.4 Å². The van der Waals surface area contributed by atoms with Crippen molar-refractivity contribution in [3.63, 3.8) is 0 Å². The van der Waals surface area contributed by atoms with E-state index in [2.05, 4.69) is 21.6 Å². The third kappa shape index (κ3) is 4.03. The predicted molar refractivity (Wildman–Crippen MR) is 139 cm³/mol. The molecular weight excluding hydrogens is 472 g/mol. The van der Waals surface area contributed by atoms with E-state index in [1.54, 1.807) is 0 Å². The first-order chi connectivity index (χ1) is 17.5. The van der Waals surface area contributed by atoms with Crippen molar-refractivity contribution in [3.05, 3.63) is 94.0 Å². The number of fused-ring (bicyclic) bond motifs is 2. The van der Waals surface area contributed by atoms with Gasteiger partial charge >= 0.3 is 0 Å². The van der Waals surface area contributed by atoms with Crippen molar-refractivity contribution in [3.8, 4) is 11.5 Å². The first-order valence-electron chi connectivity index (χ1n) is 11.8. The van der Waals surface area contributed by atoms with Crippen LogP contribution in [0, 0.1) is 13.8 Å². The minimum atomic E-state index is -0.522. The maximum absolute atomic E-state index is 13.5. The smallest absolute Gasteiger partial charge is 0.238 e. The fourth-order valence-electron chi connectivity index (χ4n) is 5.05. The quantitative estimate of drug-likeness (QED) is 0.400. The van der Waals surface area contributed by atoms with Gasteiger partial charge in [-0.15, -0.1) is 10.2 Å². The SMILES string of the molecule is Cc1cc(C)cc(N2CC(c3nnc(NC(=O)C4c5ccccc5Oc5ccccc54)s3)CC2=O)c1. The summed E-state index contributed by atoms with van der Waals surface area (Å²) in [6.07, 6.45) is 0.371. The molecule has 1 atom stereocenters. The van der Waals surface area contributed by atoms with Gasteiger partial charge in [0.2, 0.25) is 16.9 Å². The van der Waals surface area contributed by atoms with Crippen LogP contribution >= 0.6 is 11.3 Å². The molecule has 1 N–H and O–H groups in total. The summed E-state index contributed by atoms with van der Waals surface area (Å²) in [6.45, 7) is 4.61. The lowest BCUT2D eigenvalue weighted by molar-refractivity contribution is -0.117. The molecule has 1 fully saturated rings. The molecule has 180 valence electrons. The zero-order valence-corrected chi connectivity index (χ0v) is 20.7. The summed E-state index contributed by atoms with van der Waals surface area (Å²) in [7, 11) is 0. The summed E-state index contributed by atoms with van der Waals surface area (Å²) in [6, 6.07) is 21.3. The highest BCUT2D eigenvalue weighted by Crippen LogP contribution is 2.44. The molecule has 7 nitrogen and oxygen atoms in total. The van der Waals surface area contributed by atoms with E-state index in [-0.39, 0.29) is 17.7 Å². The number of amides is 2.